The Hall–Kier alpha value is -2.83. The molecular weight excluding hydrogens is 353 g/mol. The monoisotopic (exact) mass is 372 g/mol. The molecule has 0 bridgehead atoms. The van der Waals surface area contributed by atoms with E-state index in [1.807, 2.05) is 41.4 Å². The van der Waals surface area contributed by atoms with E-state index in [9.17, 15) is 13.2 Å². The molecular formula is C20H19F3N4. The van der Waals surface area contributed by atoms with E-state index in [0.717, 1.165) is 48.7 Å². The number of benzene rings is 1. The summed E-state index contributed by atoms with van der Waals surface area (Å²) in [6.45, 7) is 1.46. The van der Waals surface area contributed by atoms with Crippen molar-refractivity contribution in [1.29, 1.82) is 0 Å². The van der Waals surface area contributed by atoms with Crippen LogP contribution in [0, 0.1) is 0 Å². The topological polar surface area (TPSA) is 44.8 Å². The smallest absolute Gasteiger partial charge is 0.356 e. The zero-order valence-corrected chi connectivity index (χ0v) is 14.6. The van der Waals surface area contributed by atoms with E-state index in [0.29, 0.717) is 12.4 Å². The van der Waals surface area contributed by atoms with Gasteiger partial charge in [-0.25, -0.2) is 9.97 Å². The highest BCUT2D eigenvalue weighted by Crippen LogP contribution is 2.32. The van der Waals surface area contributed by atoms with Gasteiger partial charge in [-0.2, -0.15) is 13.2 Å². The molecule has 1 N–H and O–H groups in total. The van der Waals surface area contributed by atoms with Gasteiger partial charge >= 0.3 is 6.18 Å². The predicted molar refractivity (Wildman–Crippen MR) is 97.5 cm³/mol. The molecule has 0 spiro atoms. The van der Waals surface area contributed by atoms with Crippen molar-refractivity contribution in [3.8, 4) is 11.3 Å². The van der Waals surface area contributed by atoms with Crippen LogP contribution in [-0.4, -0.2) is 28.0 Å². The van der Waals surface area contributed by atoms with E-state index in [1.54, 1.807) is 0 Å². The van der Waals surface area contributed by atoms with Gasteiger partial charge in [-0.05, 0) is 30.5 Å². The highest BCUT2D eigenvalue weighted by Gasteiger charge is 2.31. The number of imidazole rings is 1. The third-order valence-corrected chi connectivity index (χ3v) is 4.89. The molecule has 4 rings (SSSR count). The summed E-state index contributed by atoms with van der Waals surface area (Å²) in [5, 5.41) is 0. The summed E-state index contributed by atoms with van der Waals surface area (Å²) >= 11 is 0. The number of halogens is 3. The summed E-state index contributed by atoms with van der Waals surface area (Å²) < 4.78 is 38.2. The number of alkyl halides is 3. The largest absolute Gasteiger partial charge is 0.417 e. The van der Waals surface area contributed by atoms with Crippen LogP contribution in [0.1, 0.15) is 30.1 Å². The van der Waals surface area contributed by atoms with Gasteiger partial charge in [-0.1, -0.05) is 30.3 Å². The number of H-pyrrole nitrogens is 1. The van der Waals surface area contributed by atoms with Gasteiger partial charge in [0, 0.05) is 25.2 Å². The average Bonchev–Trinajstić information content (AvgIpc) is 3.19. The molecule has 7 heteroatoms. The number of aromatic amines is 1. The molecule has 1 atom stereocenters. The maximum atomic E-state index is 12.7. The van der Waals surface area contributed by atoms with Gasteiger partial charge in [0.25, 0.3) is 0 Å². The summed E-state index contributed by atoms with van der Waals surface area (Å²) in [6, 6.07) is 12.5. The summed E-state index contributed by atoms with van der Waals surface area (Å²) in [5.41, 5.74) is 1.32. The molecule has 0 radical (unpaired) electrons. The van der Waals surface area contributed by atoms with Crippen LogP contribution in [0.25, 0.3) is 11.3 Å². The number of aromatic nitrogens is 3. The number of hydrogen-bond donors (Lipinski definition) is 1. The first-order valence-electron chi connectivity index (χ1n) is 8.89. The molecule has 1 fully saturated rings. The lowest BCUT2D eigenvalue weighted by atomic mass is 9.97. The van der Waals surface area contributed by atoms with E-state index in [1.165, 1.54) is 6.07 Å². The number of nitrogens with zero attached hydrogens (tertiary/aromatic N) is 3. The van der Waals surface area contributed by atoms with E-state index in [2.05, 4.69) is 15.0 Å². The van der Waals surface area contributed by atoms with Crippen molar-refractivity contribution in [1.82, 2.24) is 15.0 Å². The fraction of sp³-hybridized carbons (Fsp3) is 0.300. The van der Waals surface area contributed by atoms with E-state index in [-0.39, 0.29) is 5.92 Å². The quantitative estimate of drug-likeness (QED) is 0.713. The van der Waals surface area contributed by atoms with Crippen molar-refractivity contribution in [2.24, 2.45) is 0 Å². The highest BCUT2D eigenvalue weighted by atomic mass is 19.4. The molecule has 0 saturated carbocycles. The molecule has 0 aliphatic carbocycles. The molecule has 1 saturated heterocycles. The van der Waals surface area contributed by atoms with Gasteiger partial charge in [-0.3, -0.25) is 0 Å². The van der Waals surface area contributed by atoms with Crippen LogP contribution in [0.3, 0.4) is 0 Å². The van der Waals surface area contributed by atoms with E-state index in [4.69, 9.17) is 0 Å². The fourth-order valence-corrected chi connectivity index (χ4v) is 3.46. The summed E-state index contributed by atoms with van der Waals surface area (Å²) in [5.74, 6) is 1.67. The van der Waals surface area contributed by atoms with Crippen molar-refractivity contribution in [3.05, 3.63) is 66.2 Å². The number of pyridine rings is 1. The Morgan fingerprint density at radius 2 is 1.81 bits per heavy atom. The van der Waals surface area contributed by atoms with Crippen molar-refractivity contribution >= 4 is 5.82 Å². The van der Waals surface area contributed by atoms with Crippen molar-refractivity contribution < 1.29 is 13.2 Å². The molecule has 1 aliphatic heterocycles. The molecule has 1 aromatic carbocycles. The lowest BCUT2D eigenvalue weighted by molar-refractivity contribution is -0.137. The molecule has 3 aromatic rings. The minimum Gasteiger partial charge on any atom is -0.356 e. The standard InChI is InChI=1S/C20H19F3N4/c21-20(22,23)16-8-9-18(24-11-16)27-10-4-7-15(13-27)19-25-12-17(26-19)14-5-2-1-3-6-14/h1-3,5-6,8-9,11-12,15H,4,7,10,13H2,(H,25,26). The molecule has 4 nitrogen and oxygen atoms in total. The Labute approximate surface area is 155 Å². The third kappa shape index (κ3) is 3.82. The predicted octanol–water partition coefficient (Wildman–Crippen LogP) is 4.87. The van der Waals surface area contributed by atoms with Crippen LogP contribution in [0.4, 0.5) is 19.0 Å². The molecule has 1 unspecified atom stereocenters. The van der Waals surface area contributed by atoms with Gasteiger partial charge < -0.3 is 9.88 Å². The molecule has 2 aromatic heterocycles. The Morgan fingerprint density at radius 3 is 2.52 bits per heavy atom. The minimum atomic E-state index is -4.36. The number of anilines is 1. The first kappa shape index (κ1) is 17.6. The van der Waals surface area contributed by atoms with Crippen LogP contribution >= 0.6 is 0 Å². The van der Waals surface area contributed by atoms with E-state index >= 15 is 0 Å². The fourth-order valence-electron chi connectivity index (χ4n) is 3.46. The normalized spacial score (nSPS) is 17.9. The first-order valence-corrected chi connectivity index (χ1v) is 8.89. The molecule has 140 valence electrons. The third-order valence-electron chi connectivity index (χ3n) is 4.89. The SMILES string of the molecule is FC(F)(F)c1ccc(N2CCCC(c3ncc(-c4ccccc4)[nH]3)C2)nc1. The van der Waals surface area contributed by atoms with Crippen LogP contribution in [0.5, 0.6) is 0 Å². The number of nitrogens with one attached hydrogen (secondary N) is 1. The number of hydrogen-bond acceptors (Lipinski definition) is 3. The summed E-state index contributed by atoms with van der Waals surface area (Å²) in [6.07, 6.45) is 0.297. The van der Waals surface area contributed by atoms with Gasteiger partial charge in [0.05, 0.1) is 17.5 Å². The molecule has 27 heavy (non-hydrogen) atoms. The van der Waals surface area contributed by atoms with Crippen LogP contribution in [-0.2, 0) is 6.18 Å². The molecule has 3 heterocycles. The molecule has 0 amide bonds. The maximum Gasteiger partial charge on any atom is 0.417 e. The van der Waals surface area contributed by atoms with Crippen molar-refractivity contribution in [2.45, 2.75) is 24.9 Å². The minimum absolute atomic E-state index is 0.195. The Bertz CT molecular complexity index is 888. The second-order valence-electron chi connectivity index (χ2n) is 6.74. The van der Waals surface area contributed by atoms with Crippen LogP contribution in [0.15, 0.2) is 54.9 Å². The second-order valence-corrected chi connectivity index (χ2v) is 6.74. The van der Waals surface area contributed by atoms with Crippen LogP contribution in [0.2, 0.25) is 0 Å². The van der Waals surface area contributed by atoms with Gasteiger partial charge in [0.15, 0.2) is 0 Å². The highest BCUT2D eigenvalue weighted by molar-refractivity contribution is 5.58. The Morgan fingerprint density at radius 1 is 1.00 bits per heavy atom. The zero-order chi connectivity index (χ0) is 18.9. The number of rotatable bonds is 3. The Balaban J connectivity index is 1.49. The van der Waals surface area contributed by atoms with Crippen LogP contribution < -0.4 is 4.90 Å². The first-order chi connectivity index (χ1) is 13.0. The second kappa shape index (κ2) is 7.06. The lowest BCUT2D eigenvalue weighted by Gasteiger charge is -2.32. The van der Waals surface area contributed by atoms with Crippen molar-refractivity contribution in [3.63, 3.8) is 0 Å². The maximum absolute atomic E-state index is 12.7. The van der Waals surface area contributed by atoms with Gasteiger partial charge in [0.1, 0.15) is 11.6 Å². The molecule has 1 aliphatic rings. The lowest BCUT2D eigenvalue weighted by Crippen LogP contribution is -2.35. The van der Waals surface area contributed by atoms with Gasteiger partial charge in [-0.15, -0.1) is 0 Å². The van der Waals surface area contributed by atoms with E-state index < -0.39 is 11.7 Å². The summed E-state index contributed by atoms with van der Waals surface area (Å²) in [7, 11) is 0. The van der Waals surface area contributed by atoms with Crippen molar-refractivity contribution in [2.75, 3.05) is 18.0 Å². The average molecular weight is 372 g/mol. The number of piperidine rings is 1. The zero-order valence-electron chi connectivity index (χ0n) is 14.6. The van der Waals surface area contributed by atoms with Gasteiger partial charge in [0.2, 0.25) is 0 Å². The Kier molecular flexibility index (Phi) is 4.59. The summed E-state index contributed by atoms with van der Waals surface area (Å²) in [4.78, 5) is 14.0.